The first-order valence-corrected chi connectivity index (χ1v) is 6.94. The van der Waals surface area contributed by atoms with Crippen LogP contribution in [0.5, 0.6) is 0 Å². The van der Waals surface area contributed by atoms with Crippen molar-refractivity contribution in [1.82, 2.24) is 0 Å². The number of rotatable bonds is 3. The van der Waals surface area contributed by atoms with Crippen LogP contribution in [0.15, 0.2) is 16.6 Å². The smallest absolute Gasteiger partial charge is 0.293 e. The Morgan fingerprint density at radius 3 is 2.74 bits per heavy atom. The molecule has 5 nitrogen and oxygen atoms in total. The Hall–Kier alpha value is -1.21. The zero-order valence-electron chi connectivity index (χ0n) is 10.2. The van der Waals surface area contributed by atoms with Gasteiger partial charge in [-0.15, -0.1) is 0 Å². The molecule has 2 unspecified atom stereocenters. The summed E-state index contributed by atoms with van der Waals surface area (Å²) in [6.07, 6.45) is 3.81. The zero-order valence-corrected chi connectivity index (χ0v) is 11.8. The van der Waals surface area contributed by atoms with Gasteiger partial charge in [0.2, 0.25) is 0 Å². The molecular weight excluding hydrogens is 317 g/mol. The van der Waals surface area contributed by atoms with Crippen LogP contribution in [0.1, 0.15) is 25.7 Å². The van der Waals surface area contributed by atoms with Crippen molar-refractivity contribution in [3.8, 4) is 0 Å². The summed E-state index contributed by atoms with van der Waals surface area (Å²) < 4.78 is 13.6. The monoisotopic (exact) mass is 331 g/mol. The number of hydrogen-bond acceptors (Lipinski definition) is 4. The van der Waals surface area contributed by atoms with Gasteiger partial charge in [0.15, 0.2) is 0 Å². The van der Waals surface area contributed by atoms with Gasteiger partial charge >= 0.3 is 0 Å². The van der Waals surface area contributed by atoms with Crippen LogP contribution in [-0.2, 0) is 0 Å². The molecule has 0 aliphatic heterocycles. The summed E-state index contributed by atoms with van der Waals surface area (Å²) in [5.74, 6) is -0.530. The van der Waals surface area contributed by atoms with Gasteiger partial charge in [-0.25, -0.2) is 4.39 Å². The van der Waals surface area contributed by atoms with E-state index >= 15 is 0 Å². The molecule has 0 saturated heterocycles. The summed E-state index contributed by atoms with van der Waals surface area (Å²) in [5.41, 5.74) is 6.03. The average Bonchev–Trinajstić information content (AvgIpc) is 2.36. The number of nitrogens with zero attached hydrogens (tertiary/aromatic N) is 1. The van der Waals surface area contributed by atoms with Gasteiger partial charge in [0, 0.05) is 24.2 Å². The number of halogens is 2. The molecule has 1 aromatic carbocycles. The van der Waals surface area contributed by atoms with Crippen molar-refractivity contribution in [3.05, 3.63) is 32.5 Å². The number of anilines is 1. The molecule has 3 N–H and O–H groups in total. The lowest BCUT2D eigenvalue weighted by Gasteiger charge is -2.30. The quantitative estimate of drug-likeness (QED) is 0.658. The minimum atomic E-state index is -0.530. The molecule has 1 saturated carbocycles. The predicted molar refractivity (Wildman–Crippen MR) is 74.6 cm³/mol. The first-order valence-electron chi connectivity index (χ1n) is 6.14. The zero-order chi connectivity index (χ0) is 14.0. The fourth-order valence-electron chi connectivity index (χ4n) is 2.34. The van der Waals surface area contributed by atoms with Gasteiger partial charge in [-0.1, -0.05) is 12.8 Å². The lowest BCUT2D eigenvalue weighted by molar-refractivity contribution is -0.384. The Kier molecular flexibility index (Phi) is 4.36. The van der Waals surface area contributed by atoms with Crippen molar-refractivity contribution >= 4 is 27.3 Å². The standard InChI is InChI=1S/C12H15BrFN3O2/c13-7-5-12(17(18)19)11(6-8(7)14)16-10-4-2-1-3-9(10)15/h5-6,9-10,16H,1-4,15H2. The second kappa shape index (κ2) is 5.83. The van der Waals surface area contributed by atoms with E-state index in [-0.39, 0.29) is 27.9 Å². The van der Waals surface area contributed by atoms with Crippen LogP contribution in [0.4, 0.5) is 15.8 Å². The van der Waals surface area contributed by atoms with E-state index in [0.29, 0.717) is 0 Å². The molecule has 2 rings (SSSR count). The number of nitro benzene ring substituents is 1. The molecule has 7 heteroatoms. The minimum absolute atomic E-state index is 0.0481. The first-order chi connectivity index (χ1) is 8.99. The van der Waals surface area contributed by atoms with Crippen LogP contribution in [0.25, 0.3) is 0 Å². The van der Waals surface area contributed by atoms with Gasteiger partial charge < -0.3 is 11.1 Å². The molecule has 2 atom stereocenters. The largest absolute Gasteiger partial charge is 0.375 e. The molecule has 1 fully saturated rings. The fourth-order valence-corrected chi connectivity index (χ4v) is 2.67. The Balaban J connectivity index is 2.27. The lowest BCUT2D eigenvalue weighted by atomic mass is 9.91. The third-order valence-electron chi connectivity index (χ3n) is 3.40. The van der Waals surface area contributed by atoms with Crippen LogP contribution in [-0.4, -0.2) is 17.0 Å². The van der Waals surface area contributed by atoms with Crippen molar-refractivity contribution in [3.63, 3.8) is 0 Å². The van der Waals surface area contributed by atoms with E-state index in [1.165, 1.54) is 6.07 Å². The summed E-state index contributed by atoms with van der Waals surface area (Å²) in [5, 5.41) is 14.0. The number of hydrogen-bond donors (Lipinski definition) is 2. The molecule has 0 bridgehead atoms. The summed E-state index contributed by atoms with van der Waals surface area (Å²) in [7, 11) is 0. The molecule has 0 heterocycles. The highest BCUT2D eigenvalue weighted by atomic mass is 79.9. The van der Waals surface area contributed by atoms with Crippen LogP contribution in [0, 0.1) is 15.9 Å². The Labute approximate surface area is 118 Å². The van der Waals surface area contributed by atoms with E-state index in [9.17, 15) is 14.5 Å². The van der Waals surface area contributed by atoms with Gasteiger partial charge in [-0.3, -0.25) is 10.1 Å². The first kappa shape index (κ1) is 14.2. The van der Waals surface area contributed by atoms with E-state index in [1.807, 2.05) is 0 Å². The maximum Gasteiger partial charge on any atom is 0.293 e. The number of benzene rings is 1. The van der Waals surface area contributed by atoms with Crippen molar-refractivity contribution in [2.45, 2.75) is 37.8 Å². The van der Waals surface area contributed by atoms with Crippen molar-refractivity contribution in [1.29, 1.82) is 0 Å². The highest BCUT2D eigenvalue weighted by Crippen LogP contribution is 2.32. The summed E-state index contributed by atoms with van der Waals surface area (Å²) in [6, 6.07) is 2.21. The van der Waals surface area contributed by atoms with Crippen LogP contribution in [0.3, 0.4) is 0 Å². The molecule has 0 aromatic heterocycles. The summed E-state index contributed by atoms with van der Waals surface area (Å²) in [4.78, 5) is 10.5. The van der Waals surface area contributed by atoms with Crippen molar-refractivity contribution in [2.24, 2.45) is 5.73 Å². The maximum absolute atomic E-state index is 13.5. The molecule has 0 amide bonds. The SMILES string of the molecule is NC1CCCCC1Nc1cc(F)c(Br)cc1[N+](=O)[O-]. The second-order valence-corrected chi connectivity index (χ2v) is 5.59. The van der Waals surface area contributed by atoms with Crippen LogP contribution < -0.4 is 11.1 Å². The summed E-state index contributed by atoms with van der Waals surface area (Å²) >= 11 is 2.95. The van der Waals surface area contributed by atoms with E-state index in [2.05, 4.69) is 21.2 Å². The highest BCUT2D eigenvalue weighted by Gasteiger charge is 2.25. The van der Waals surface area contributed by atoms with Gasteiger partial charge in [0.05, 0.1) is 9.40 Å². The Morgan fingerprint density at radius 2 is 2.11 bits per heavy atom. The Bertz CT molecular complexity index is 498. The van der Waals surface area contributed by atoms with E-state index in [0.717, 1.165) is 31.7 Å². The van der Waals surface area contributed by atoms with E-state index in [4.69, 9.17) is 5.73 Å². The molecule has 104 valence electrons. The molecule has 0 spiro atoms. The molecule has 0 radical (unpaired) electrons. The molecule has 1 aliphatic rings. The molecule has 1 aliphatic carbocycles. The molecule has 19 heavy (non-hydrogen) atoms. The van der Waals surface area contributed by atoms with Crippen LogP contribution >= 0.6 is 15.9 Å². The van der Waals surface area contributed by atoms with Gasteiger partial charge in [-0.2, -0.15) is 0 Å². The third kappa shape index (κ3) is 3.22. The van der Waals surface area contributed by atoms with Crippen molar-refractivity contribution in [2.75, 3.05) is 5.32 Å². The third-order valence-corrected chi connectivity index (χ3v) is 4.00. The maximum atomic E-state index is 13.5. The lowest BCUT2D eigenvalue weighted by Crippen LogP contribution is -2.42. The van der Waals surface area contributed by atoms with Crippen molar-refractivity contribution < 1.29 is 9.31 Å². The Morgan fingerprint density at radius 1 is 1.42 bits per heavy atom. The normalized spacial score (nSPS) is 23.1. The molecule has 1 aromatic rings. The highest BCUT2D eigenvalue weighted by molar-refractivity contribution is 9.10. The average molecular weight is 332 g/mol. The fraction of sp³-hybridized carbons (Fsp3) is 0.500. The van der Waals surface area contributed by atoms with Crippen LogP contribution in [0.2, 0.25) is 0 Å². The number of nitrogens with two attached hydrogens (primary N) is 1. The topological polar surface area (TPSA) is 81.2 Å². The van der Waals surface area contributed by atoms with E-state index in [1.54, 1.807) is 0 Å². The molecular formula is C12H15BrFN3O2. The second-order valence-electron chi connectivity index (χ2n) is 4.74. The predicted octanol–water partition coefficient (Wildman–Crippen LogP) is 3.18. The van der Waals surface area contributed by atoms with E-state index < -0.39 is 10.7 Å². The van der Waals surface area contributed by atoms with Gasteiger partial charge in [0.1, 0.15) is 11.5 Å². The minimum Gasteiger partial charge on any atom is -0.375 e. The summed E-state index contributed by atoms with van der Waals surface area (Å²) in [6.45, 7) is 0. The van der Waals surface area contributed by atoms with Gasteiger partial charge in [-0.05, 0) is 28.8 Å². The number of nitro groups is 1. The number of nitrogens with one attached hydrogen (secondary N) is 1. The van der Waals surface area contributed by atoms with Gasteiger partial charge in [0.25, 0.3) is 5.69 Å².